The van der Waals surface area contributed by atoms with Crippen LogP contribution < -0.4 is 16.0 Å². The van der Waals surface area contributed by atoms with Gasteiger partial charge in [0.15, 0.2) is 5.75 Å². The Bertz CT molecular complexity index is 385. The van der Waals surface area contributed by atoms with Gasteiger partial charge in [-0.05, 0) is 26.0 Å². The number of nitrogens with two attached hydrogens (primary N) is 1. The lowest BCUT2D eigenvalue weighted by molar-refractivity contribution is 0.0953. The molecule has 0 atom stereocenters. The van der Waals surface area contributed by atoms with Crippen LogP contribution in [0.25, 0.3) is 0 Å². The Balaban J connectivity index is 3.12. The molecule has 0 bridgehead atoms. The summed E-state index contributed by atoms with van der Waals surface area (Å²) in [5, 5.41) is 0.555. The SMILES string of the molecule is CC(C)Oc1c(Cl)cc(C(=O)NN)cc1Cl. The second-order valence-corrected chi connectivity index (χ2v) is 4.22. The van der Waals surface area contributed by atoms with Crippen molar-refractivity contribution in [3.8, 4) is 5.75 Å². The zero-order chi connectivity index (χ0) is 12.3. The van der Waals surface area contributed by atoms with E-state index in [0.29, 0.717) is 5.75 Å². The van der Waals surface area contributed by atoms with E-state index in [2.05, 4.69) is 0 Å². The summed E-state index contributed by atoms with van der Waals surface area (Å²) in [6, 6.07) is 2.90. The first-order valence-electron chi connectivity index (χ1n) is 4.62. The normalized spacial score (nSPS) is 10.4. The number of amides is 1. The van der Waals surface area contributed by atoms with E-state index in [9.17, 15) is 4.79 Å². The summed E-state index contributed by atoms with van der Waals surface area (Å²) < 4.78 is 5.42. The number of nitrogen functional groups attached to an aromatic ring is 1. The van der Waals surface area contributed by atoms with Crippen LogP contribution in [0.3, 0.4) is 0 Å². The standard InChI is InChI=1S/C10H12Cl2N2O2/c1-5(2)16-9-7(11)3-6(4-8(9)12)10(15)14-13/h3-5H,13H2,1-2H3,(H,14,15). The summed E-state index contributed by atoms with van der Waals surface area (Å²) in [5.41, 5.74) is 2.28. The highest BCUT2D eigenvalue weighted by Crippen LogP contribution is 2.34. The number of hydrogen-bond acceptors (Lipinski definition) is 3. The van der Waals surface area contributed by atoms with Crippen LogP contribution in [0.1, 0.15) is 24.2 Å². The Hall–Kier alpha value is -0.970. The van der Waals surface area contributed by atoms with Crippen molar-refractivity contribution in [3.05, 3.63) is 27.7 Å². The molecule has 1 amide bonds. The van der Waals surface area contributed by atoms with Crippen LogP contribution in [0.5, 0.6) is 5.75 Å². The Kier molecular flexibility index (Phi) is 4.41. The van der Waals surface area contributed by atoms with E-state index < -0.39 is 5.91 Å². The molecule has 3 N–H and O–H groups in total. The lowest BCUT2D eigenvalue weighted by atomic mass is 10.2. The van der Waals surface area contributed by atoms with E-state index >= 15 is 0 Å². The molecule has 0 radical (unpaired) electrons. The highest BCUT2D eigenvalue weighted by Gasteiger charge is 2.14. The zero-order valence-corrected chi connectivity index (χ0v) is 10.4. The fraction of sp³-hybridized carbons (Fsp3) is 0.300. The number of rotatable bonds is 3. The molecule has 0 saturated carbocycles. The van der Waals surface area contributed by atoms with E-state index in [4.69, 9.17) is 33.8 Å². The van der Waals surface area contributed by atoms with Crippen molar-refractivity contribution in [2.24, 2.45) is 5.84 Å². The van der Waals surface area contributed by atoms with Crippen LogP contribution in [-0.4, -0.2) is 12.0 Å². The molecule has 0 fully saturated rings. The summed E-state index contributed by atoms with van der Waals surface area (Å²) in [5.74, 6) is 4.92. The third-order valence-corrected chi connectivity index (χ3v) is 2.31. The predicted molar refractivity (Wildman–Crippen MR) is 63.9 cm³/mol. The highest BCUT2D eigenvalue weighted by molar-refractivity contribution is 6.37. The minimum absolute atomic E-state index is 0.0517. The van der Waals surface area contributed by atoms with Gasteiger partial charge in [-0.15, -0.1) is 0 Å². The molecule has 1 rings (SSSR count). The molecule has 88 valence electrons. The number of ether oxygens (including phenoxy) is 1. The van der Waals surface area contributed by atoms with Gasteiger partial charge in [0.1, 0.15) is 0 Å². The van der Waals surface area contributed by atoms with Crippen molar-refractivity contribution in [1.29, 1.82) is 0 Å². The molecule has 0 saturated heterocycles. The van der Waals surface area contributed by atoms with E-state index in [-0.39, 0.29) is 21.7 Å². The number of hydrogen-bond donors (Lipinski definition) is 2. The van der Waals surface area contributed by atoms with E-state index in [0.717, 1.165) is 0 Å². The van der Waals surface area contributed by atoms with Crippen molar-refractivity contribution < 1.29 is 9.53 Å². The van der Waals surface area contributed by atoms with Gasteiger partial charge in [0.2, 0.25) is 0 Å². The summed E-state index contributed by atoms with van der Waals surface area (Å²) in [4.78, 5) is 11.3. The molecule has 0 aliphatic rings. The van der Waals surface area contributed by atoms with Crippen LogP contribution in [-0.2, 0) is 0 Å². The third kappa shape index (κ3) is 3.01. The van der Waals surface area contributed by atoms with Gasteiger partial charge >= 0.3 is 0 Å². The monoisotopic (exact) mass is 262 g/mol. The van der Waals surface area contributed by atoms with Crippen molar-refractivity contribution >= 4 is 29.1 Å². The Labute approximate surface area is 104 Å². The molecular formula is C10H12Cl2N2O2. The minimum atomic E-state index is -0.458. The number of benzene rings is 1. The fourth-order valence-corrected chi connectivity index (χ4v) is 1.70. The van der Waals surface area contributed by atoms with Gasteiger partial charge in [0.05, 0.1) is 16.1 Å². The first kappa shape index (κ1) is 13.1. The fourth-order valence-electron chi connectivity index (χ4n) is 1.12. The minimum Gasteiger partial charge on any atom is -0.488 e. The molecule has 1 aromatic carbocycles. The largest absolute Gasteiger partial charge is 0.488 e. The maximum atomic E-state index is 11.3. The average Bonchev–Trinajstić information content (AvgIpc) is 2.21. The van der Waals surface area contributed by atoms with Gasteiger partial charge in [-0.3, -0.25) is 10.2 Å². The second kappa shape index (κ2) is 5.39. The smallest absolute Gasteiger partial charge is 0.265 e. The van der Waals surface area contributed by atoms with E-state index in [1.807, 2.05) is 19.3 Å². The molecule has 1 aromatic rings. The third-order valence-electron chi connectivity index (χ3n) is 1.75. The molecule has 16 heavy (non-hydrogen) atoms. The first-order valence-corrected chi connectivity index (χ1v) is 5.38. The second-order valence-electron chi connectivity index (χ2n) is 3.41. The van der Waals surface area contributed by atoms with Crippen LogP contribution in [0.2, 0.25) is 10.0 Å². The number of halogens is 2. The van der Waals surface area contributed by atoms with Crippen molar-refractivity contribution in [3.63, 3.8) is 0 Å². The van der Waals surface area contributed by atoms with E-state index in [1.165, 1.54) is 12.1 Å². The van der Waals surface area contributed by atoms with Gasteiger partial charge in [-0.25, -0.2) is 5.84 Å². The Morgan fingerprint density at radius 2 is 1.88 bits per heavy atom. The van der Waals surface area contributed by atoms with Gasteiger partial charge in [0, 0.05) is 5.56 Å². The number of carbonyl (C=O) groups is 1. The number of carbonyl (C=O) groups excluding carboxylic acids is 1. The van der Waals surface area contributed by atoms with Crippen molar-refractivity contribution in [1.82, 2.24) is 5.43 Å². The van der Waals surface area contributed by atoms with Crippen LogP contribution in [0.4, 0.5) is 0 Å². The Morgan fingerprint density at radius 1 is 1.38 bits per heavy atom. The van der Waals surface area contributed by atoms with Gasteiger partial charge < -0.3 is 4.74 Å². The van der Waals surface area contributed by atoms with Crippen LogP contribution in [0, 0.1) is 0 Å². The summed E-state index contributed by atoms with van der Waals surface area (Å²) in [7, 11) is 0. The van der Waals surface area contributed by atoms with Crippen LogP contribution in [0.15, 0.2) is 12.1 Å². The quantitative estimate of drug-likeness (QED) is 0.500. The first-order chi connectivity index (χ1) is 7.45. The summed E-state index contributed by atoms with van der Waals surface area (Å²) in [6.45, 7) is 3.71. The van der Waals surface area contributed by atoms with Crippen molar-refractivity contribution in [2.45, 2.75) is 20.0 Å². The highest BCUT2D eigenvalue weighted by atomic mass is 35.5. The van der Waals surface area contributed by atoms with Crippen molar-refractivity contribution in [2.75, 3.05) is 0 Å². The molecule has 0 spiro atoms. The topological polar surface area (TPSA) is 64.3 Å². The maximum Gasteiger partial charge on any atom is 0.265 e. The van der Waals surface area contributed by atoms with Gasteiger partial charge in [-0.1, -0.05) is 23.2 Å². The van der Waals surface area contributed by atoms with Crippen LogP contribution >= 0.6 is 23.2 Å². The molecule has 0 aliphatic heterocycles. The summed E-state index contributed by atoms with van der Waals surface area (Å²) >= 11 is 11.9. The predicted octanol–water partition coefficient (Wildman–Crippen LogP) is 2.38. The summed E-state index contributed by atoms with van der Waals surface area (Å²) in [6.07, 6.45) is -0.0517. The zero-order valence-electron chi connectivity index (χ0n) is 8.88. The molecule has 4 nitrogen and oxygen atoms in total. The number of hydrazine groups is 1. The van der Waals surface area contributed by atoms with Gasteiger partial charge in [-0.2, -0.15) is 0 Å². The maximum absolute atomic E-state index is 11.3. The molecule has 0 unspecified atom stereocenters. The lowest BCUT2D eigenvalue weighted by Gasteiger charge is -2.13. The molecule has 0 aromatic heterocycles. The average molecular weight is 263 g/mol. The molecule has 0 heterocycles. The number of nitrogens with one attached hydrogen (secondary N) is 1. The lowest BCUT2D eigenvalue weighted by Crippen LogP contribution is -2.30. The molecule has 6 heteroatoms. The Morgan fingerprint density at radius 3 is 2.25 bits per heavy atom. The molecular weight excluding hydrogens is 251 g/mol. The van der Waals surface area contributed by atoms with Gasteiger partial charge in [0.25, 0.3) is 5.91 Å². The van der Waals surface area contributed by atoms with E-state index in [1.54, 1.807) is 0 Å². The molecule has 0 aliphatic carbocycles.